The van der Waals surface area contributed by atoms with E-state index in [4.69, 9.17) is 10.5 Å². The molecule has 0 amide bonds. The van der Waals surface area contributed by atoms with Gasteiger partial charge in [0, 0.05) is 0 Å². The molecule has 0 atom stereocenters. The molecule has 0 aliphatic rings. The number of nitrogens with two attached hydrogens (primary N) is 1. The highest BCUT2D eigenvalue weighted by Crippen LogP contribution is 2.28. The van der Waals surface area contributed by atoms with Crippen molar-refractivity contribution >= 4 is 0 Å². The standard InChI is InChI=1S/C14H23NO/c1-10-9-14(16-4)12(3)11(2)13(10)7-5-6-8-15/h9H,5-8,15H2,1-4H3. The molecular weight excluding hydrogens is 198 g/mol. The monoisotopic (exact) mass is 221 g/mol. The van der Waals surface area contributed by atoms with Crippen LogP contribution in [0.5, 0.6) is 5.75 Å². The highest BCUT2D eigenvalue weighted by atomic mass is 16.5. The fraction of sp³-hybridized carbons (Fsp3) is 0.571. The van der Waals surface area contributed by atoms with Crippen molar-refractivity contribution in [1.29, 1.82) is 0 Å². The smallest absolute Gasteiger partial charge is 0.122 e. The summed E-state index contributed by atoms with van der Waals surface area (Å²) in [6.07, 6.45) is 3.40. The van der Waals surface area contributed by atoms with Gasteiger partial charge in [0.15, 0.2) is 0 Å². The highest BCUT2D eigenvalue weighted by molar-refractivity contribution is 5.48. The van der Waals surface area contributed by atoms with E-state index in [1.807, 2.05) is 0 Å². The Balaban J connectivity index is 2.96. The van der Waals surface area contributed by atoms with Crippen LogP contribution in [0.1, 0.15) is 35.1 Å². The van der Waals surface area contributed by atoms with E-state index in [1.54, 1.807) is 7.11 Å². The molecule has 0 aromatic heterocycles. The second-order valence-corrected chi connectivity index (χ2v) is 4.37. The van der Waals surface area contributed by atoms with Gasteiger partial charge < -0.3 is 10.5 Å². The predicted octanol–water partition coefficient (Wildman–Crippen LogP) is 2.90. The molecule has 0 saturated heterocycles. The van der Waals surface area contributed by atoms with E-state index >= 15 is 0 Å². The van der Waals surface area contributed by atoms with Crippen molar-refractivity contribution < 1.29 is 4.74 Å². The Labute approximate surface area is 98.8 Å². The van der Waals surface area contributed by atoms with Crippen LogP contribution >= 0.6 is 0 Å². The van der Waals surface area contributed by atoms with Crippen molar-refractivity contribution in [3.05, 3.63) is 28.3 Å². The number of methoxy groups -OCH3 is 1. The van der Waals surface area contributed by atoms with Crippen molar-refractivity contribution in [2.45, 2.75) is 40.0 Å². The predicted molar refractivity (Wildman–Crippen MR) is 69.2 cm³/mol. The molecule has 0 aliphatic heterocycles. The third-order valence-electron chi connectivity index (χ3n) is 3.31. The molecule has 1 aromatic carbocycles. The molecule has 0 saturated carbocycles. The van der Waals surface area contributed by atoms with Gasteiger partial charge in [-0.05, 0) is 74.9 Å². The van der Waals surface area contributed by atoms with Gasteiger partial charge in [0.25, 0.3) is 0 Å². The molecule has 1 aromatic rings. The summed E-state index contributed by atoms with van der Waals surface area (Å²) in [7, 11) is 1.73. The van der Waals surface area contributed by atoms with Gasteiger partial charge in [-0.1, -0.05) is 0 Å². The van der Waals surface area contributed by atoms with Crippen LogP contribution in [0.3, 0.4) is 0 Å². The van der Waals surface area contributed by atoms with Crippen molar-refractivity contribution in [2.75, 3.05) is 13.7 Å². The number of rotatable bonds is 5. The Morgan fingerprint density at radius 3 is 2.38 bits per heavy atom. The van der Waals surface area contributed by atoms with Gasteiger partial charge >= 0.3 is 0 Å². The molecule has 2 nitrogen and oxygen atoms in total. The number of hydrogen-bond donors (Lipinski definition) is 1. The van der Waals surface area contributed by atoms with E-state index in [0.717, 1.165) is 25.1 Å². The second kappa shape index (κ2) is 5.90. The minimum Gasteiger partial charge on any atom is -0.496 e. The zero-order valence-corrected chi connectivity index (χ0v) is 10.9. The topological polar surface area (TPSA) is 35.2 Å². The van der Waals surface area contributed by atoms with E-state index in [0.29, 0.717) is 0 Å². The lowest BCUT2D eigenvalue weighted by Crippen LogP contribution is -2.03. The maximum atomic E-state index is 5.52. The zero-order chi connectivity index (χ0) is 12.1. The lowest BCUT2D eigenvalue weighted by Gasteiger charge is -2.15. The average molecular weight is 221 g/mol. The number of hydrogen-bond acceptors (Lipinski definition) is 2. The lowest BCUT2D eigenvalue weighted by atomic mass is 9.93. The fourth-order valence-electron chi connectivity index (χ4n) is 2.14. The molecule has 0 spiro atoms. The SMILES string of the molecule is COc1cc(C)c(CCCCN)c(C)c1C. The number of aryl methyl sites for hydroxylation is 1. The Bertz CT molecular complexity index is 358. The van der Waals surface area contributed by atoms with E-state index in [1.165, 1.54) is 28.7 Å². The Hall–Kier alpha value is -1.02. The summed E-state index contributed by atoms with van der Waals surface area (Å²) in [6.45, 7) is 7.25. The minimum absolute atomic E-state index is 0.785. The summed E-state index contributed by atoms with van der Waals surface area (Å²) >= 11 is 0. The van der Waals surface area contributed by atoms with Crippen LogP contribution in [0.2, 0.25) is 0 Å². The molecule has 0 fully saturated rings. The molecule has 1 rings (SSSR count). The summed E-state index contributed by atoms with van der Waals surface area (Å²) < 4.78 is 5.37. The van der Waals surface area contributed by atoms with Crippen molar-refractivity contribution in [1.82, 2.24) is 0 Å². The van der Waals surface area contributed by atoms with Gasteiger partial charge in [0.05, 0.1) is 7.11 Å². The van der Waals surface area contributed by atoms with Crippen molar-refractivity contribution in [3.63, 3.8) is 0 Å². The van der Waals surface area contributed by atoms with Crippen LogP contribution in [0.15, 0.2) is 6.07 Å². The summed E-state index contributed by atoms with van der Waals surface area (Å²) in [5.41, 5.74) is 10.9. The zero-order valence-electron chi connectivity index (χ0n) is 10.9. The molecule has 2 N–H and O–H groups in total. The normalized spacial score (nSPS) is 10.6. The summed E-state index contributed by atoms with van der Waals surface area (Å²) in [5.74, 6) is 0.998. The molecule has 16 heavy (non-hydrogen) atoms. The molecular formula is C14H23NO. The molecule has 0 aliphatic carbocycles. The molecule has 0 bridgehead atoms. The summed E-state index contributed by atoms with van der Waals surface area (Å²) in [4.78, 5) is 0. The van der Waals surface area contributed by atoms with Crippen molar-refractivity contribution in [3.8, 4) is 5.75 Å². The molecule has 90 valence electrons. The molecule has 0 heterocycles. The fourth-order valence-corrected chi connectivity index (χ4v) is 2.14. The van der Waals surface area contributed by atoms with Crippen LogP contribution in [-0.4, -0.2) is 13.7 Å². The van der Waals surface area contributed by atoms with Crippen LogP contribution in [0.25, 0.3) is 0 Å². The first-order valence-corrected chi connectivity index (χ1v) is 5.95. The van der Waals surface area contributed by atoms with Gasteiger partial charge in [0.1, 0.15) is 5.75 Å². The van der Waals surface area contributed by atoms with Gasteiger partial charge in [-0.2, -0.15) is 0 Å². The van der Waals surface area contributed by atoms with Crippen LogP contribution in [0, 0.1) is 20.8 Å². The van der Waals surface area contributed by atoms with Crippen molar-refractivity contribution in [2.24, 2.45) is 5.73 Å². The Morgan fingerprint density at radius 2 is 1.81 bits per heavy atom. The Morgan fingerprint density at radius 1 is 1.12 bits per heavy atom. The molecule has 0 unspecified atom stereocenters. The van der Waals surface area contributed by atoms with E-state index in [-0.39, 0.29) is 0 Å². The largest absolute Gasteiger partial charge is 0.496 e. The third kappa shape index (κ3) is 2.76. The van der Waals surface area contributed by atoms with Gasteiger partial charge in [-0.3, -0.25) is 0 Å². The number of ether oxygens (including phenoxy) is 1. The second-order valence-electron chi connectivity index (χ2n) is 4.37. The number of benzene rings is 1. The first-order chi connectivity index (χ1) is 7.61. The van der Waals surface area contributed by atoms with Crippen LogP contribution in [0.4, 0.5) is 0 Å². The average Bonchev–Trinajstić information content (AvgIpc) is 2.28. The summed E-state index contributed by atoms with van der Waals surface area (Å²) in [6, 6.07) is 2.14. The van der Waals surface area contributed by atoms with Gasteiger partial charge in [0.2, 0.25) is 0 Å². The third-order valence-corrected chi connectivity index (χ3v) is 3.31. The van der Waals surface area contributed by atoms with E-state index in [9.17, 15) is 0 Å². The van der Waals surface area contributed by atoms with Gasteiger partial charge in [-0.15, -0.1) is 0 Å². The highest BCUT2D eigenvalue weighted by Gasteiger charge is 2.09. The Kier molecular flexibility index (Phi) is 4.81. The molecule has 2 heteroatoms. The van der Waals surface area contributed by atoms with Crippen LogP contribution < -0.4 is 10.5 Å². The van der Waals surface area contributed by atoms with E-state index in [2.05, 4.69) is 26.8 Å². The van der Waals surface area contributed by atoms with Crippen LogP contribution in [-0.2, 0) is 6.42 Å². The van der Waals surface area contributed by atoms with Gasteiger partial charge in [-0.25, -0.2) is 0 Å². The van der Waals surface area contributed by atoms with E-state index < -0.39 is 0 Å². The number of unbranched alkanes of at least 4 members (excludes halogenated alkanes) is 1. The maximum Gasteiger partial charge on any atom is 0.122 e. The first-order valence-electron chi connectivity index (χ1n) is 5.95. The summed E-state index contributed by atoms with van der Waals surface area (Å²) in [5, 5.41) is 0. The minimum atomic E-state index is 0.785. The first kappa shape index (κ1) is 13.0. The molecule has 0 radical (unpaired) electrons. The lowest BCUT2D eigenvalue weighted by molar-refractivity contribution is 0.410. The quantitative estimate of drug-likeness (QED) is 0.776. The maximum absolute atomic E-state index is 5.52.